The number of benzene rings is 1. The van der Waals surface area contributed by atoms with E-state index in [-0.39, 0.29) is 17.9 Å². The highest BCUT2D eigenvalue weighted by molar-refractivity contribution is 5.95. The number of anilines is 1. The van der Waals surface area contributed by atoms with Gasteiger partial charge >= 0.3 is 0 Å². The van der Waals surface area contributed by atoms with Crippen LogP contribution in [0.4, 0.5) is 5.69 Å². The van der Waals surface area contributed by atoms with Crippen molar-refractivity contribution in [1.29, 1.82) is 0 Å². The maximum atomic E-state index is 12.8. The van der Waals surface area contributed by atoms with Gasteiger partial charge in [-0.15, -0.1) is 0 Å². The first kappa shape index (κ1) is 22.0. The van der Waals surface area contributed by atoms with Crippen LogP contribution in [0.3, 0.4) is 0 Å². The second-order valence-corrected chi connectivity index (χ2v) is 8.30. The first-order chi connectivity index (χ1) is 14.3. The number of amides is 2. The normalized spacial score (nSPS) is 16.0. The standard InChI is InChI=1S/C23H32N4O3/c1-15(2)19-8-6-7-9-21(19)24-23(29)17(4)26-10-12-27(13-11-26)22(28)14-20-16(3)25-30-18(20)5/h6-9,15,17H,10-14H2,1-5H3,(H,24,29). The summed E-state index contributed by atoms with van der Waals surface area (Å²) in [6, 6.07) is 7.67. The molecule has 1 aromatic heterocycles. The monoisotopic (exact) mass is 412 g/mol. The van der Waals surface area contributed by atoms with Gasteiger partial charge in [0, 0.05) is 37.4 Å². The number of nitrogens with zero attached hydrogens (tertiary/aromatic N) is 3. The fourth-order valence-electron chi connectivity index (χ4n) is 3.89. The molecule has 7 nitrogen and oxygen atoms in total. The van der Waals surface area contributed by atoms with Gasteiger partial charge in [0.25, 0.3) is 0 Å². The number of carbonyl (C=O) groups is 2. The van der Waals surface area contributed by atoms with E-state index < -0.39 is 0 Å². The van der Waals surface area contributed by atoms with E-state index in [2.05, 4.69) is 29.2 Å². The lowest BCUT2D eigenvalue weighted by molar-refractivity contribution is -0.133. The molecule has 1 fully saturated rings. The predicted octanol–water partition coefficient (Wildman–Crippen LogP) is 3.13. The van der Waals surface area contributed by atoms with Crippen molar-refractivity contribution < 1.29 is 14.1 Å². The van der Waals surface area contributed by atoms with Crippen LogP contribution in [0.15, 0.2) is 28.8 Å². The summed E-state index contributed by atoms with van der Waals surface area (Å²) in [7, 11) is 0. The van der Waals surface area contributed by atoms with Crippen LogP contribution >= 0.6 is 0 Å². The Bertz CT molecular complexity index is 878. The van der Waals surface area contributed by atoms with Crippen LogP contribution in [0.25, 0.3) is 0 Å². The summed E-state index contributed by atoms with van der Waals surface area (Å²) in [6.07, 6.45) is 0.309. The summed E-state index contributed by atoms with van der Waals surface area (Å²) in [5.41, 5.74) is 3.65. The molecular formula is C23H32N4O3. The molecule has 0 saturated carbocycles. The second-order valence-electron chi connectivity index (χ2n) is 8.30. The molecular weight excluding hydrogens is 380 g/mol. The molecule has 30 heavy (non-hydrogen) atoms. The van der Waals surface area contributed by atoms with Gasteiger partial charge in [0.1, 0.15) is 5.76 Å². The molecule has 1 unspecified atom stereocenters. The number of carbonyl (C=O) groups excluding carboxylic acids is 2. The highest BCUT2D eigenvalue weighted by Gasteiger charge is 2.28. The number of hydrogen-bond donors (Lipinski definition) is 1. The van der Waals surface area contributed by atoms with Gasteiger partial charge in [0.15, 0.2) is 0 Å². The number of nitrogens with one attached hydrogen (secondary N) is 1. The summed E-state index contributed by atoms with van der Waals surface area (Å²) < 4.78 is 5.16. The number of aryl methyl sites for hydroxylation is 2. The summed E-state index contributed by atoms with van der Waals surface area (Å²) in [6.45, 7) is 12.4. The summed E-state index contributed by atoms with van der Waals surface area (Å²) in [4.78, 5) is 29.5. The Morgan fingerprint density at radius 2 is 1.77 bits per heavy atom. The molecule has 0 aliphatic carbocycles. The van der Waals surface area contributed by atoms with Gasteiger partial charge in [0.05, 0.1) is 18.2 Å². The van der Waals surface area contributed by atoms with Crippen LogP contribution in [0, 0.1) is 13.8 Å². The summed E-state index contributed by atoms with van der Waals surface area (Å²) in [5.74, 6) is 1.10. The van der Waals surface area contributed by atoms with Crippen LogP contribution in [-0.2, 0) is 16.0 Å². The van der Waals surface area contributed by atoms with Crippen molar-refractivity contribution in [3.8, 4) is 0 Å². The van der Waals surface area contributed by atoms with E-state index >= 15 is 0 Å². The van der Waals surface area contributed by atoms with Crippen LogP contribution in [0.1, 0.15) is 49.3 Å². The van der Waals surface area contributed by atoms with Crippen molar-refractivity contribution in [1.82, 2.24) is 15.0 Å². The number of rotatable bonds is 6. The number of para-hydroxylation sites is 1. The summed E-state index contributed by atoms with van der Waals surface area (Å²) in [5, 5.41) is 7.01. The molecule has 0 radical (unpaired) electrons. The molecule has 1 aliphatic heterocycles. The quantitative estimate of drug-likeness (QED) is 0.789. The molecule has 162 valence electrons. The summed E-state index contributed by atoms with van der Waals surface area (Å²) >= 11 is 0. The van der Waals surface area contributed by atoms with Gasteiger partial charge in [-0.25, -0.2) is 0 Å². The van der Waals surface area contributed by atoms with Crippen LogP contribution in [0.5, 0.6) is 0 Å². The van der Waals surface area contributed by atoms with Gasteiger partial charge < -0.3 is 14.7 Å². The van der Waals surface area contributed by atoms with Gasteiger partial charge in [-0.2, -0.15) is 0 Å². The van der Waals surface area contributed by atoms with Gasteiger partial charge in [0.2, 0.25) is 11.8 Å². The minimum atomic E-state index is -0.259. The minimum Gasteiger partial charge on any atom is -0.361 e. The Balaban J connectivity index is 1.54. The Hall–Kier alpha value is -2.67. The van der Waals surface area contributed by atoms with E-state index in [4.69, 9.17) is 4.52 Å². The lowest BCUT2D eigenvalue weighted by Gasteiger charge is -2.37. The molecule has 1 atom stereocenters. The third-order valence-electron chi connectivity index (χ3n) is 5.94. The van der Waals surface area contributed by atoms with Crippen molar-refractivity contribution >= 4 is 17.5 Å². The van der Waals surface area contributed by atoms with Gasteiger partial charge in [-0.05, 0) is 38.3 Å². The van der Waals surface area contributed by atoms with E-state index in [1.807, 2.05) is 49.9 Å². The Labute approximate surface area is 178 Å². The SMILES string of the molecule is Cc1noc(C)c1CC(=O)N1CCN(C(C)C(=O)Nc2ccccc2C(C)C)CC1. The van der Waals surface area contributed by atoms with E-state index in [9.17, 15) is 9.59 Å². The molecule has 2 heterocycles. The lowest BCUT2D eigenvalue weighted by atomic mass is 10.0. The molecule has 1 aromatic carbocycles. The number of aromatic nitrogens is 1. The molecule has 3 rings (SSSR count). The number of piperazine rings is 1. The fraction of sp³-hybridized carbons (Fsp3) is 0.522. The largest absolute Gasteiger partial charge is 0.361 e. The zero-order chi connectivity index (χ0) is 21.8. The maximum Gasteiger partial charge on any atom is 0.241 e. The van der Waals surface area contributed by atoms with E-state index in [1.54, 1.807) is 0 Å². The van der Waals surface area contributed by atoms with Crippen molar-refractivity contribution in [2.75, 3.05) is 31.5 Å². The highest BCUT2D eigenvalue weighted by Crippen LogP contribution is 2.24. The number of hydrogen-bond acceptors (Lipinski definition) is 5. The Morgan fingerprint density at radius 3 is 2.37 bits per heavy atom. The van der Waals surface area contributed by atoms with E-state index in [0.29, 0.717) is 44.3 Å². The van der Waals surface area contributed by atoms with Crippen LogP contribution in [0.2, 0.25) is 0 Å². The first-order valence-electron chi connectivity index (χ1n) is 10.6. The van der Waals surface area contributed by atoms with Crippen molar-refractivity contribution in [2.45, 2.75) is 53.0 Å². The van der Waals surface area contributed by atoms with E-state index in [1.165, 1.54) is 0 Å². The minimum absolute atomic E-state index is 0.0152. The molecule has 0 spiro atoms. The van der Waals surface area contributed by atoms with Crippen molar-refractivity contribution in [3.63, 3.8) is 0 Å². The lowest BCUT2D eigenvalue weighted by Crippen LogP contribution is -2.54. The topological polar surface area (TPSA) is 78.7 Å². The smallest absolute Gasteiger partial charge is 0.241 e. The zero-order valence-electron chi connectivity index (χ0n) is 18.6. The van der Waals surface area contributed by atoms with Gasteiger partial charge in [-0.1, -0.05) is 37.2 Å². The van der Waals surface area contributed by atoms with Gasteiger partial charge in [-0.3, -0.25) is 14.5 Å². The van der Waals surface area contributed by atoms with Crippen LogP contribution < -0.4 is 5.32 Å². The van der Waals surface area contributed by atoms with E-state index in [0.717, 1.165) is 22.5 Å². The average molecular weight is 413 g/mol. The Kier molecular flexibility index (Phi) is 6.92. The molecule has 7 heteroatoms. The highest BCUT2D eigenvalue weighted by atomic mass is 16.5. The Morgan fingerprint density at radius 1 is 1.10 bits per heavy atom. The second kappa shape index (κ2) is 9.43. The fourth-order valence-corrected chi connectivity index (χ4v) is 3.89. The van der Waals surface area contributed by atoms with Crippen molar-refractivity contribution in [2.24, 2.45) is 0 Å². The third-order valence-corrected chi connectivity index (χ3v) is 5.94. The predicted molar refractivity (Wildman–Crippen MR) is 116 cm³/mol. The van der Waals surface area contributed by atoms with Crippen LogP contribution in [-0.4, -0.2) is 59.0 Å². The molecule has 1 saturated heterocycles. The molecule has 2 aromatic rings. The zero-order valence-corrected chi connectivity index (χ0v) is 18.6. The molecule has 0 bridgehead atoms. The maximum absolute atomic E-state index is 12.8. The first-order valence-corrected chi connectivity index (χ1v) is 10.6. The average Bonchev–Trinajstić information content (AvgIpc) is 3.05. The third kappa shape index (κ3) is 4.90. The molecule has 1 N–H and O–H groups in total. The molecule has 2 amide bonds. The molecule has 1 aliphatic rings. The van der Waals surface area contributed by atoms with Crippen molar-refractivity contribution in [3.05, 3.63) is 46.8 Å².